The summed E-state index contributed by atoms with van der Waals surface area (Å²) < 4.78 is 0. The normalized spacial score (nSPS) is 10.4. The van der Waals surface area contributed by atoms with E-state index in [0.29, 0.717) is 11.4 Å². The first kappa shape index (κ1) is 15.7. The summed E-state index contributed by atoms with van der Waals surface area (Å²) in [6, 6.07) is 4.83. The van der Waals surface area contributed by atoms with E-state index in [1.807, 2.05) is 11.8 Å². The van der Waals surface area contributed by atoms with Crippen molar-refractivity contribution in [1.82, 2.24) is 0 Å². The van der Waals surface area contributed by atoms with E-state index in [1.54, 1.807) is 18.2 Å². The molecule has 0 amide bonds. The van der Waals surface area contributed by atoms with Gasteiger partial charge in [0.15, 0.2) is 0 Å². The van der Waals surface area contributed by atoms with Crippen LogP contribution in [0.3, 0.4) is 0 Å². The molecule has 1 rings (SSSR count). The van der Waals surface area contributed by atoms with Gasteiger partial charge in [-0.05, 0) is 43.0 Å². The molecule has 1 aromatic carbocycles. The van der Waals surface area contributed by atoms with Crippen LogP contribution in [0.2, 0.25) is 0 Å². The Morgan fingerprint density at radius 3 is 2.74 bits per heavy atom. The minimum Gasteiger partial charge on any atom is -0.478 e. The highest BCUT2D eigenvalue weighted by Gasteiger charge is 2.09. The molecule has 106 valence electrons. The van der Waals surface area contributed by atoms with E-state index in [0.717, 1.165) is 19.4 Å². The van der Waals surface area contributed by atoms with Crippen LogP contribution in [0, 0.1) is 0 Å². The average molecular weight is 282 g/mol. The second-order valence-electron chi connectivity index (χ2n) is 4.44. The second kappa shape index (κ2) is 8.69. The monoisotopic (exact) mass is 282 g/mol. The minimum absolute atomic E-state index is 0.275. The summed E-state index contributed by atoms with van der Waals surface area (Å²) in [7, 11) is 0. The Labute approximate surface area is 118 Å². The number of unbranched alkanes of at least 4 members (excludes halogenated alkanes) is 3. The first-order chi connectivity index (χ1) is 9.15. The van der Waals surface area contributed by atoms with E-state index < -0.39 is 5.97 Å². The van der Waals surface area contributed by atoms with Gasteiger partial charge in [0.1, 0.15) is 0 Å². The van der Waals surface area contributed by atoms with Gasteiger partial charge in [0, 0.05) is 12.2 Å². The van der Waals surface area contributed by atoms with Crippen molar-refractivity contribution >= 4 is 29.1 Å². The van der Waals surface area contributed by atoms with Gasteiger partial charge in [-0.1, -0.05) is 12.8 Å². The number of carboxylic acids is 1. The van der Waals surface area contributed by atoms with Crippen LogP contribution in [0.1, 0.15) is 36.0 Å². The maximum Gasteiger partial charge on any atom is 0.337 e. The molecule has 0 radical (unpaired) electrons. The van der Waals surface area contributed by atoms with Crippen molar-refractivity contribution in [3.8, 4) is 0 Å². The maximum absolute atomic E-state index is 11.1. The number of carbonyl (C=O) groups is 1. The predicted octanol–water partition coefficient (Wildman–Crippen LogP) is 3.30. The smallest absolute Gasteiger partial charge is 0.337 e. The van der Waals surface area contributed by atoms with Crippen molar-refractivity contribution in [2.24, 2.45) is 0 Å². The third-order valence-electron chi connectivity index (χ3n) is 2.86. The highest BCUT2D eigenvalue weighted by Crippen LogP contribution is 2.19. The summed E-state index contributed by atoms with van der Waals surface area (Å²) in [5.74, 6) is 0.286. The van der Waals surface area contributed by atoms with Gasteiger partial charge in [0.2, 0.25) is 0 Å². The number of aromatic carboxylic acids is 1. The van der Waals surface area contributed by atoms with Crippen LogP contribution in [-0.2, 0) is 0 Å². The summed E-state index contributed by atoms with van der Waals surface area (Å²) in [4.78, 5) is 11.1. The fourth-order valence-corrected chi connectivity index (χ4v) is 2.34. The van der Waals surface area contributed by atoms with E-state index in [1.165, 1.54) is 18.6 Å². The number of rotatable bonds is 9. The molecule has 0 bridgehead atoms. The van der Waals surface area contributed by atoms with Crippen LogP contribution in [-0.4, -0.2) is 29.6 Å². The van der Waals surface area contributed by atoms with Gasteiger partial charge in [0.05, 0.1) is 11.3 Å². The van der Waals surface area contributed by atoms with Gasteiger partial charge in [-0.15, -0.1) is 0 Å². The molecule has 0 aliphatic heterocycles. The number of carboxylic acid groups (broad SMARTS) is 1. The lowest BCUT2D eigenvalue weighted by molar-refractivity contribution is 0.0698. The molecule has 0 heterocycles. The van der Waals surface area contributed by atoms with Crippen LogP contribution in [0.25, 0.3) is 0 Å². The van der Waals surface area contributed by atoms with Crippen LogP contribution < -0.4 is 11.1 Å². The van der Waals surface area contributed by atoms with Gasteiger partial charge in [-0.3, -0.25) is 0 Å². The lowest BCUT2D eigenvalue weighted by Crippen LogP contribution is -2.08. The molecule has 0 atom stereocenters. The second-order valence-corrected chi connectivity index (χ2v) is 5.43. The Hall–Kier alpha value is -1.36. The zero-order valence-corrected chi connectivity index (χ0v) is 12.1. The molecule has 5 heteroatoms. The molecule has 0 aromatic heterocycles. The van der Waals surface area contributed by atoms with Crippen molar-refractivity contribution in [2.75, 3.05) is 29.6 Å². The lowest BCUT2D eigenvalue weighted by Gasteiger charge is -2.10. The first-order valence-corrected chi connectivity index (χ1v) is 7.90. The number of nitrogens with two attached hydrogens (primary N) is 1. The third-order valence-corrected chi connectivity index (χ3v) is 3.56. The lowest BCUT2D eigenvalue weighted by atomic mass is 10.1. The topological polar surface area (TPSA) is 75.3 Å². The van der Waals surface area contributed by atoms with Crippen molar-refractivity contribution in [2.45, 2.75) is 25.7 Å². The van der Waals surface area contributed by atoms with Crippen LogP contribution in [0.15, 0.2) is 18.2 Å². The molecule has 0 unspecified atom stereocenters. The SMILES string of the molecule is CSCCCCCCNc1cc(N)ccc1C(=O)O. The Morgan fingerprint density at radius 1 is 1.32 bits per heavy atom. The fraction of sp³-hybridized carbons (Fsp3) is 0.500. The van der Waals surface area contributed by atoms with Crippen molar-refractivity contribution < 1.29 is 9.90 Å². The summed E-state index contributed by atoms with van der Waals surface area (Å²) in [6.45, 7) is 0.781. The molecule has 4 nitrogen and oxygen atoms in total. The van der Waals surface area contributed by atoms with E-state index in [2.05, 4.69) is 11.6 Å². The molecule has 4 N–H and O–H groups in total. The molecule has 1 aromatic rings. The van der Waals surface area contributed by atoms with Crippen LogP contribution in [0.4, 0.5) is 11.4 Å². The quantitative estimate of drug-likeness (QED) is 0.478. The summed E-state index contributed by atoms with van der Waals surface area (Å²) in [5.41, 5.74) is 7.14. The molecule has 0 aliphatic rings. The number of nitrogen functional groups attached to an aromatic ring is 1. The predicted molar refractivity (Wildman–Crippen MR) is 83.2 cm³/mol. The van der Waals surface area contributed by atoms with Gasteiger partial charge >= 0.3 is 5.97 Å². The third kappa shape index (κ3) is 5.87. The molecular formula is C14H22N2O2S. The van der Waals surface area contributed by atoms with Gasteiger partial charge in [0.25, 0.3) is 0 Å². The number of hydrogen-bond acceptors (Lipinski definition) is 4. The van der Waals surface area contributed by atoms with Gasteiger partial charge in [-0.25, -0.2) is 4.79 Å². The zero-order valence-electron chi connectivity index (χ0n) is 11.3. The molecular weight excluding hydrogens is 260 g/mol. The number of hydrogen-bond donors (Lipinski definition) is 3. The molecule has 0 spiro atoms. The summed E-state index contributed by atoms with van der Waals surface area (Å²) >= 11 is 1.87. The Kier molecular flexibility index (Phi) is 7.18. The van der Waals surface area contributed by atoms with Gasteiger partial charge in [-0.2, -0.15) is 11.8 Å². The molecule has 0 saturated heterocycles. The average Bonchev–Trinajstić information content (AvgIpc) is 2.37. The highest BCUT2D eigenvalue weighted by molar-refractivity contribution is 7.98. The standard InChI is InChI=1S/C14H22N2O2S/c1-19-9-5-3-2-4-8-16-13-10-11(15)6-7-12(13)14(17)18/h6-7,10,16H,2-5,8-9,15H2,1H3,(H,17,18). The summed E-state index contributed by atoms with van der Waals surface area (Å²) in [5, 5.41) is 12.2. The van der Waals surface area contributed by atoms with E-state index in [-0.39, 0.29) is 5.56 Å². The van der Waals surface area contributed by atoms with E-state index >= 15 is 0 Å². The number of anilines is 2. The highest BCUT2D eigenvalue weighted by atomic mass is 32.2. The first-order valence-electron chi connectivity index (χ1n) is 6.50. The Bertz CT molecular complexity index is 410. The van der Waals surface area contributed by atoms with E-state index in [4.69, 9.17) is 10.8 Å². The van der Waals surface area contributed by atoms with Crippen LogP contribution in [0.5, 0.6) is 0 Å². The summed E-state index contributed by atoms with van der Waals surface area (Å²) in [6.07, 6.45) is 6.81. The van der Waals surface area contributed by atoms with E-state index in [9.17, 15) is 4.79 Å². The van der Waals surface area contributed by atoms with Crippen molar-refractivity contribution in [1.29, 1.82) is 0 Å². The molecule has 0 saturated carbocycles. The molecule has 19 heavy (non-hydrogen) atoms. The largest absolute Gasteiger partial charge is 0.478 e. The van der Waals surface area contributed by atoms with Gasteiger partial charge < -0.3 is 16.2 Å². The molecule has 0 aliphatic carbocycles. The van der Waals surface area contributed by atoms with Crippen molar-refractivity contribution in [3.05, 3.63) is 23.8 Å². The molecule has 0 fully saturated rings. The van der Waals surface area contributed by atoms with Crippen LogP contribution >= 0.6 is 11.8 Å². The number of thioether (sulfide) groups is 1. The zero-order chi connectivity index (χ0) is 14.1. The number of nitrogens with one attached hydrogen (secondary N) is 1. The fourth-order valence-electron chi connectivity index (χ4n) is 1.84. The van der Waals surface area contributed by atoms with Crippen molar-refractivity contribution in [3.63, 3.8) is 0 Å². The maximum atomic E-state index is 11.1. The minimum atomic E-state index is -0.928. The number of benzene rings is 1. The Morgan fingerprint density at radius 2 is 2.05 bits per heavy atom. The Balaban J connectivity index is 2.36.